The van der Waals surface area contributed by atoms with Crippen molar-refractivity contribution in [2.24, 2.45) is 7.05 Å². The van der Waals surface area contributed by atoms with Crippen molar-refractivity contribution in [1.82, 2.24) is 9.78 Å². The van der Waals surface area contributed by atoms with E-state index in [1.54, 1.807) is 25.9 Å². The first-order chi connectivity index (χ1) is 9.54. The van der Waals surface area contributed by atoms with Gasteiger partial charge in [-0.15, -0.1) is 0 Å². The van der Waals surface area contributed by atoms with Gasteiger partial charge in [-0.2, -0.15) is 10.4 Å². The van der Waals surface area contributed by atoms with E-state index >= 15 is 0 Å². The number of rotatable bonds is 3. The summed E-state index contributed by atoms with van der Waals surface area (Å²) in [6.45, 7) is 1.93. The molecule has 0 bridgehead atoms. The first kappa shape index (κ1) is 14.4. The molecule has 1 heterocycles. The quantitative estimate of drug-likeness (QED) is 0.864. The number of nitriles is 1. The van der Waals surface area contributed by atoms with Crippen LogP contribution in [0.2, 0.25) is 0 Å². The van der Waals surface area contributed by atoms with Crippen molar-refractivity contribution in [1.29, 1.82) is 5.26 Å². The maximum Gasteiger partial charge on any atom is 0.177 e. The summed E-state index contributed by atoms with van der Waals surface area (Å²) in [5.41, 5.74) is 2.90. The summed E-state index contributed by atoms with van der Waals surface area (Å²) < 4.78 is 13.1. The monoisotopic (exact) mass is 335 g/mol. The molecule has 0 radical (unpaired) electrons. The van der Waals surface area contributed by atoms with Crippen LogP contribution in [0.1, 0.15) is 11.3 Å². The molecule has 0 aliphatic heterocycles. The topological polar surface area (TPSA) is 60.1 Å². The lowest BCUT2D eigenvalue weighted by atomic mass is 10.1. The second-order valence-corrected chi connectivity index (χ2v) is 5.01. The average molecular weight is 336 g/mol. The Hall–Kier alpha value is -2.00. The molecular weight excluding hydrogens is 322 g/mol. The van der Waals surface area contributed by atoms with Gasteiger partial charge in [0, 0.05) is 18.2 Å². The van der Waals surface area contributed by atoms with E-state index in [0.29, 0.717) is 15.9 Å². The third-order valence-electron chi connectivity index (χ3n) is 3.13. The van der Waals surface area contributed by atoms with Crippen molar-refractivity contribution in [2.75, 3.05) is 14.2 Å². The lowest BCUT2D eigenvalue weighted by Gasteiger charge is -2.15. The third kappa shape index (κ3) is 2.14. The third-order valence-corrected chi connectivity index (χ3v) is 3.88. The van der Waals surface area contributed by atoms with Crippen LogP contribution in [0.15, 0.2) is 16.6 Å². The number of nitrogens with zero attached hydrogens (tertiary/aromatic N) is 3. The highest BCUT2D eigenvalue weighted by molar-refractivity contribution is 9.10. The highest BCUT2D eigenvalue weighted by Crippen LogP contribution is 2.41. The number of hydrogen-bond acceptors (Lipinski definition) is 4. The number of ether oxygens (including phenoxy) is 2. The van der Waals surface area contributed by atoms with E-state index in [9.17, 15) is 0 Å². The van der Waals surface area contributed by atoms with Gasteiger partial charge in [-0.25, -0.2) is 0 Å². The Bertz CT molecular complexity index is 701. The average Bonchev–Trinajstić information content (AvgIpc) is 2.73. The predicted molar refractivity (Wildman–Crippen MR) is 78.9 cm³/mol. The Labute approximate surface area is 125 Å². The zero-order valence-electron chi connectivity index (χ0n) is 11.7. The minimum Gasteiger partial charge on any atom is -0.496 e. The van der Waals surface area contributed by atoms with Gasteiger partial charge in [0.25, 0.3) is 0 Å². The fraction of sp³-hybridized carbons (Fsp3) is 0.286. The number of hydrogen-bond donors (Lipinski definition) is 0. The van der Waals surface area contributed by atoms with Crippen molar-refractivity contribution >= 4 is 15.9 Å². The molecule has 2 rings (SSSR count). The molecule has 6 heteroatoms. The van der Waals surface area contributed by atoms with Crippen LogP contribution >= 0.6 is 15.9 Å². The minimum atomic E-state index is 0.345. The SMILES string of the molecule is COc1ccc(-c2c(Br)c(C#N)nn2C)c(OC)c1C. The van der Waals surface area contributed by atoms with Crippen molar-refractivity contribution in [3.63, 3.8) is 0 Å². The van der Waals surface area contributed by atoms with Gasteiger partial charge in [-0.05, 0) is 35.0 Å². The summed E-state index contributed by atoms with van der Waals surface area (Å²) in [7, 11) is 5.02. The summed E-state index contributed by atoms with van der Waals surface area (Å²) in [6, 6.07) is 5.83. The van der Waals surface area contributed by atoms with Crippen LogP contribution in [0.4, 0.5) is 0 Å². The molecule has 0 amide bonds. The molecule has 0 aliphatic carbocycles. The highest BCUT2D eigenvalue weighted by Gasteiger charge is 2.21. The van der Waals surface area contributed by atoms with Crippen LogP contribution in [0.25, 0.3) is 11.3 Å². The van der Waals surface area contributed by atoms with Gasteiger partial charge in [0.05, 0.1) is 24.4 Å². The number of aryl methyl sites for hydroxylation is 1. The van der Waals surface area contributed by atoms with Gasteiger partial charge in [-0.3, -0.25) is 4.68 Å². The maximum absolute atomic E-state index is 9.06. The molecule has 2 aromatic rings. The molecule has 20 heavy (non-hydrogen) atoms. The van der Waals surface area contributed by atoms with Crippen molar-refractivity contribution < 1.29 is 9.47 Å². The van der Waals surface area contributed by atoms with Gasteiger partial charge in [0.15, 0.2) is 5.69 Å². The largest absolute Gasteiger partial charge is 0.496 e. The zero-order valence-corrected chi connectivity index (χ0v) is 13.3. The van der Waals surface area contributed by atoms with E-state index in [2.05, 4.69) is 27.1 Å². The molecular formula is C14H14BrN3O2. The first-order valence-electron chi connectivity index (χ1n) is 5.89. The highest BCUT2D eigenvalue weighted by atomic mass is 79.9. The van der Waals surface area contributed by atoms with E-state index in [-0.39, 0.29) is 0 Å². The molecule has 0 N–H and O–H groups in total. The van der Waals surface area contributed by atoms with Gasteiger partial charge in [0.1, 0.15) is 17.6 Å². The number of benzene rings is 1. The molecule has 0 aliphatic rings. The number of methoxy groups -OCH3 is 2. The van der Waals surface area contributed by atoms with Crippen molar-refractivity contribution in [3.8, 4) is 28.8 Å². The smallest absolute Gasteiger partial charge is 0.177 e. The maximum atomic E-state index is 9.06. The minimum absolute atomic E-state index is 0.345. The van der Waals surface area contributed by atoms with Gasteiger partial charge in [0.2, 0.25) is 0 Å². The van der Waals surface area contributed by atoms with Gasteiger partial charge in [-0.1, -0.05) is 0 Å². The fourth-order valence-electron chi connectivity index (χ4n) is 2.21. The molecule has 0 unspecified atom stereocenters. The number of halogens is 1. The van der Waals surface area contributed by atoms with E-state index in [1.165, 1.54) is 0 Å². The van der Waals surface area contributed by atoms with E-state index in [1.807, 2.05) is 19.1 Å². The van der Waals surface area contributed by atoms with Crippen LogP contribution in [0.3, 0.4) is 0 Å². The van der Waals surface area contributed by atoms with Crippen LogP contribution < -0.4 is 9.47 Å². The van der Waals surface area contributed by atoms with E-state index in [4.69, 9.17) is 14.7 Å². The molecule has 0 fully saturated rings. The van der Waals surface area contributed by atoms with E-state index in [0.717, 1.165) is 22.6 Å². The molecule has 0 saturated carbocycles. The summed E-state index contributed by atoms with van der Waals surface area (Å²) in [4.78, 5) is 0. The fourth-order valence-corrected chi connectivity index (χ4v) is 2.84. The molecule has 104 valence electrons. The Morgan fingerprint density at radius 1 is 1.30 bits per heavy atom. The first-order valence-corrected chi connectivity index (χ1v) is 6.69. The Morgan fingerprint density at radius 2 is 2.00 bits per heavy atom. The second kappa shape index (κ2) is 5.55. The number of aromatic nitrogens is 2. The summed E-state index contributed by atoms with van der Waals surface area (Å²) in [5, 5.41) is 13.2. The Morgan fingerprint density at radius 3 is 2.50 bits per heavy atom. The van der Waals surface area contributed by atoms with Crippen LogP contribution in [-0.2, 0) is 7.05 Å². The Balaban J connectivity index is 2.74. The molecule has 5 nitrogen and oxygen atoms in total. The summed E-state index contributed by atoms with van der Waals surface area (Å²) in [5.74, 6) is 1.46. The van der Waals surface area contributed by atoms with Crippen LogP contribution in [0, 0.1) is 18.3 Å². The van der Waals surface area contributed by atoms with Gasteiger partial charge < -0.3 is 9.47 Å². The van der Waals surface area contributed by atoms with Crippen LogP contribution in [0.5, 0.6) is 11.5 Å². The van der Waals surface area contributed by atoms with E-state index < -0.39 is 0 Å². The molecule has 1 aromatic heterocycles. The van der Waals surface area contributed by atoms with Gasteiger partial charge >= 0.3 is 0 Å². The van der Waals surface area contributed by atoms with Crippen molar-refractivity contribution in [3.05, 3.63) is 27.9 Å². The van der Waals surface area contributed by atoms with Crippen LogP contribution in [-0.4, -0.2) is 24.0 Å². The summed E-state index contributed by atoms with van der Waals surface area (Å²) in [6.07, 6.45) is 0. The normalized spacial score (nSPS) is 10.2. The molecule has 1 aromatic carbocycles. The molecule has 0 spiro atoms. The Kier molecular flexibility index (Phi) is 4.00. The zero-order chi connectivity index (χ0) is 14.9. The standard InChI is InChI=1S/C14H14BrN3O2/c1-8-11(19-3)6-5-9(14(8)20-4)13-12(15)10(7-16)17-18(13)2/h5-6H,1-4H3. The lowest BCUT2D eigenvalue weighted by Crippen LogP contribution is -1.99. The molecule has 0 atom stereocenters. The van der Waals surface area contributed by atoms with Crippen molar-refractivity contribution in [2.45, 2.75) is 6.92 Å². The summed E-state index contributed by atoms with van der Waals surface area (Å²) >= 11 is 3.43. The molecule has 0 saturated heterocycles. The lowest BCUT2D eigenvalue weighted by molar-refractivity contribution is 0.389. The second-order valence-electron chi connectivity index (χ2n) is 4.22. The predicted octanol–water partition coefficient (Wildman–Crippen LogP) is 3.05.